The minimum atomic E-state index is 0.635. The molecule has 13 heavy (non-hydrogen) atoms. The minimum Gasteiger partial charge on any atom is -0.310 e. The monoisotopic (exact) mass is 177 g/mol. The van der Waals surface area contributed by atoms with Crippen molar-refractivity contribution in [1.29, 1.82) is 0 Å². The van der Waals surface area contributed by atoms with Gasteiger partial charge in [-0.2, -0.15) is 0 Å². The predicted molar refractivity (Wildman–Crippen MR) is 57.9 cm³/mol. The fourth-order valence-electron chi connectivity index (χ4n) is 1.53. The summed E-state index contributed by atoms with van der Waals surface area (Å²) < 4.78 is 0. The lowest BCUT2D eigenvalue weighted by molar-refractivity contribution is 0.382. The van der Waals surface area contributed by atoms with Crippen LogP contribution in [0.1, 0.15) is 37.4 Å². The SMILES string of the molecule is CC.Cc1ccccc1C1CCN1. The van der Waals surface area contributed by atoms with Gasteiger partial charge in [0.25, 0.3) is 0 Å². The maximum absolute atomic E-state index is 3.40. The van der Waals surface area contributed by atoms with Gasteiger partial charge in [0.2, 0.25) is 0 Å². The van der Waals surface area contributed by atoms with Crippen molar-refractivity contribution >= 4 is 0 Å². The normalized spacial score (nSPS) is 19.8. The first-order valence-electron chi connectivity index (χ1n) is 5.17. The number of hydrogen-bond donors (Lipinski definition) is 1. The molecule has 0 aromatic heterocycles. The summed E-state index contributed by atoms with van der Waals surface area (Å²) in [7, 11) is 0. The Balaban J connectivity index is 0.000000396. The molecule has 1 aliphatic heterocycles. The maximum Gasteiger partial charge on any atom is 0.0334 e. The molecular weight excluding hydrogens is 158 g/mol. The molecular formula is C12H19N. The second kappa shape index (κ2) is 5.03. The van der Waals surface area contributed by atoms with E-state index in [0.717, 1.165) is 0 Å². The van der Waals surface area contributed by atoms with Crippen molar-refractivity contribution in [3.05, 3.63) is 35.4 Å². The Morgan fingerprint density at radius 1 is 1.23 bits per heavy atom. The number of aryl methyl sites for hydroxylation is 1. The van der Waals surface area contributed by atoms with E-state index < -0.39 is 0 Å². The van der Waals surface area contributed by atoms with Crippen LogP contribution in [-0.2, 0) is 0 Å². The molecule has 0 spiro atoms. The van der Waals surface area contributed by atoms with Gasteiger partial charge in [-0.1, -0.05) is 38.1 Å². The van der Waals surface area contributed by atoms with E-state index in [1.54, 1.807) is 0 Å². The van der Waals surface area contributed by atoms with Crippen molar-refractivity contribution in [1.82, 2.24) is 5.32 Å². The van der Waals surface area contributed by atoms with E-state index in [-0.39, 0.29) is 0 Å². The first-order valence-corrected chi connectivity index (χ1v) is 5.17. The Kier molecular flexibility index (Phi) is 3.97. The molecule has 0 aliphatic carbocycles. The zero-order valence-electron chi connectivity index (χ0n) is 8.80. The van der Waals surface area contributed by atoms with Crippen LogP contribution in [0.2, 0.25) is 0 Å². The van der Waals surface area contributed by atoms with Gasteiger partial charge < -0.3 is 5.32 Å². The molecule has 1 aliphatic rings. The van der Waals surface area contributed by atoms with Crippen LogP contribution >= 0.6 is 0 Å². The molecule has 1 heteroatoms. The first kappa shape index (κ1) is 10.3. The summed E-state index contributed by atoms with van der Waals surface area (Å²) in [6, 6.07) is 9.23. The summed E-state index contributed by atoms with van der Waals surface area (Å²) in [5.74, 6) is 0. The van der Waals surface area contributed by atoms with Crippen LogP contribution in [-0.4, -0.2) is 6.54 Å². The molecule has 1 N–H and O–H groups in total. The lowest BCUT2D eigenvalue weighted by Gasteiger charge is -2.29. The predicted octanol–water partition coefficient (Wildman–Crippen LogP) is 3.06. The van der Waals surface area contributed by atoms with Crippen LogP contribution in [0.4, 0.5) is 0 Å². The molecule has 1 atom stereocenters. The van der Waals surface area contributed by atoms with E-state index in [2.05, 4.69) is 36.5 Å². The van der Waals surface area contributed by atoms with E-state index in [1.165, 1.54) is 24.1 Å². The summed E-state index contributed by atoms with van der Waals surface area (Å²) in [6.45, 7) is 7.36. The minimum absolute atomic E-state index is 0.635. The highest BCUT2D eigenvalue weighted by atomic mass is 15.0. The lowest BCUT2D eigenvalue weighted by atomic mass is 9.94. The van der Waals surface area contributed by atoms with Gasteiger partial charge in [-0.05, 0) is 31.0 Å². The summed E-state index contributed by atoms with van der Waals surface area (Å²) >= 11 is 0. The van der Waals surface area contributed by atoms with Crippen molar-refractivity contribution in [3.8, 4) is 0 Å². The quantitative estimate of drug-likeness (QED) is 0.695. The van der Waals surface area contributed by atoms with Gasteiger partial charge in [-0.25, -0.2) is 0 Å². The molecule has 1 nitrogen and oxygen atoms in total. The smallest absolute Gasteiger partial charge is 0.0334 e. The lowest BCUT2D eigenvalue weighted by Crippen LogP contribution is -2.35. The fourth-order valence-corrected chi connectivity index (χ4v) is 1.53. The Morgan fingerprint density at radius 2 is 1.85 bits per heavy atom. The third kappa shape index (κ3) is 2.31. The molecule has 1 saturated heterocycles. The average molecular weight is 177 g/mol. The van der Waals surface area contributed by atoms with Crippen LogP contribution in [0.25, 0.3) is 0 Å². The highest BCUT2D eigenvalue weighted by Crippen LogP contribution is 2.24. The van der Waals surface area contributed by atoms with Gasteiger partial charge in [0, 0.05) is 6.04 Å². The van der Waals surface area contributed by atoms with E-state index in [4.69, 9.17) is 0 Å². The van der Waals surface area contributed by atoms with E-state index in [0.29, 0.717) is 6.04 Å². The van der Waals surface area contributed by atoms with Gasteiger partial charge in [0.1, 0.15) is 0 Å². The summed E-state index contributed by atoms with van der Waals surface area (Å²) in [6.07, 6.45) is 1.30. The van der Waals surface area contributed by atoms with Crippen LogP contribution in [0.15, 0.2) is 24.3 Å². The van der Waals surface area contributed by atoms with E-state index >= 15 is 0 Å². The largest absolute Gasteiger partial charge is 0.310 e. The number of hydrogen-bond acceptors (Lipinski definition) is 1. The number of rotatable bonds is 1. The van der Waals surface area contributed by atoms with Crippen molar-refractivity contribution in [2.75, 3.05) is 6.54 Å². The Morgan fingerprint density at radius 3 is 2.31 bits per heavy atom. The van der Waals surface area contributed by atoms with Crippen molar-refractivity contribution in [2.24, 2.45) is 0 Å². The van der Waals surface area contributed by atoms with Crippen molar-refractivity contribution < 1.29 is 0 Å². The van der Waals surface area contributed by atoms with Crippen LogP contribution in [0.5, 0.6) is 0 Å². The first-order chi connectivity index (χ1) is 6.38. The topological polar surface area (TPSA) is 12.0 Å². The molecule has 1 aromatic rings. The second-order valence-corrected chi connectivity index (χ2v) is 3.15. The van der Waals surface area contributed by atoms with E-state index in [1.807, 2.05) is 13.8 Å². The zero-order chi connectivity index (χ0) is 9.68. The number of benzene rings is 1. The van der Waals surface area contributed by atoms with Crippen molar-refractivity contribution in [3.63, 3.8) is 0 Å². The van der Waals surface area contributed by atoms with Crippen LogP contribution in [0, 0.1) is 6.92 Å². The molecule has 0 saturated carbocycles. The summed E-state index contributed by atoms with van der Waals surface area (Å²) in [4.78, 5) is 0. The highest BCUT2D eigenvalue weighted by molar-refractivity contribution is 5.29. The highest BCUT2D eigenvalue weighted by Gasteiger charge is 2.18. The van der Waals surface area contributed by atoms with E-state index in [9.17, 15) is 0 Å². The van der Waals surface area contributed by atoms with Crippen LogP contribution in [0.3, 0.4) is 0 Å². The average Bonchev–Trinajstić information content (AvgIpc) is 2.09. The van der Waals surface area contributed by atoms with Gasteiger partial charge in [-0.3, -0.25) is 0 Å². The zero-order valence-corrected chi connectivity index (χ0v) is 8.80. The maximum atomic E-state index is 3.40. The van der Waals surface area contributed by atoms with Crippen molar-refractivity contribution in [2.45, 2.75) is 33.2 Å². The molecule has 1 heterocycles. The standard InChI is InChI=1S/C10H13N.C2H6/c1-8-4-2-3-5-9(8)10-6-7-11-10;1-2/h2-5,10-11H,6-7H2,1H3;1-2H3. The fraction of sp³-hybridized carbons (Fsp3) is 0.500. The van der Waals surface area contributed by atoms with Gasteiger partial charge in [0.05, 0.1) is 0 Å². The Labute approximate surface area is 81.2 Å². The van der Waals surface area contributed by atoms with Gasteiger partial charge in [-0.15, -0.1) is 0 Å². The van der Waals surface area contributed by atoms with Crippen LogP contribution < -0.4 is 5.32 Å². The molecule has 2 rings (SSSR count). The second-order valence-electron chi connectivity index (χ2n) is 3.15. The van der Waals surface area contributed by atoms with Gasteiger partial charge >= 0.3 is 0 Å². The molecule has 72 valence electrons. The summed E-state index contributed by atoms with van der Waals surface area (Å²) in [5.41, 5.74) is 2.88. The molecule has 1 fully saturated rings. The Bertz CT molecular complexity index is 251. The molecule has 1 aromatic carbocycles. The molecule has 0 radical (unpaired) electrons. The summed E-state index contributed by atoms with van der Waals surface area (Å²) in [5, 5.41) is 3.40. The molecule has 1 unspecified atom stereocenters. The number of nitrogens with one attached hydrogen (secondary N) is 1. The Hall–Kier alpha value is -0.820. The molecule has 0 amide bonds. The third-order valence-electron chi connectivity index (χ3n) is 2.39. The van der Waals surface area contributed by atoms with Gasteiger partial charge in [0.15, 0.2) is 0 Å². The molecule has 0 bridgehead atoms. The third-order valence-corrected chi connectivity index (χ3v) is 2.39.